The van der Waals surface area contributed by atoms with E-state index in [9.17, 15) is 34.8 Å². The first-order valence-electron chi connectivity index (χ1n) is 13.1. The number of carbonyl (C=O) groups is 3. The van der Waals surface area contributed by atoms with Crippen LogP contribution in [0, 0.1) is 5.92 Å². The Bertz CT molecular complexity index is 1160. The van der Waals surface area contributed by atoms with Crippen LogP contribution in [0.4, 0.5) is 0 Å². The lowest BCUT2D eigenvalue weighted by Crippen LogP contribution is -2.60. The van der Waals surface area contributed by atoms with Crippen molar-refractivity contribution in [2.24, 2.45) is 5.92 Å². The van der Waals surface area contributed by atoms with E-state index < -0.39 is 55.4 Å². The van der Waals surface area contributed by atoms with E-state index in [1.807, 2.05) is 6.08 Å². The van der Waals surface area contributed by atoms with Crippen molar-refractivity contribution in [3.05, 3.63) is 65.3 Å². The summed E-state index contributed by atoms with van der Waals surface area (Å²) >= 11 is 0. The largest absolute Gasteiger partial charge is 0.508 e. The maximum absolute atomic E-state index is 12.7. The van der Waals surface area contributed by atoms with Gasteiger partial charge in [-0.05, 0) is 60.6 Å². The molecule has 0 saturated carbocycles. The van der Waals surface area contributed by atoms with E-state index in [4.69, 9.17) is 18.9 Å². The number of hydrogen-bond donors (Lipinski definition) is 4. The molecule has 0 aromatic heterocycles. The summed E-state index contributed by atoms with van der Waals surface area (Å²) in [6.45, 7) is 3.16. The number of aliphatic hydroxyl groups is 3. The third kappa shape index (κ3) is 7.04. The Morgan fingerprint density at radius 1 is 1.15 bits per heavy atom. The Hall–Kier alpha value is -3.35. The second-order valence-electron chi connectivity index (χ2n) is 10.1. The number of carbonyl (C=O) groups excluding carboxylic acids is 3. The van der Waals surface area contributed by atoms with E-state index in [1.165, 1.54) is 12.1 Å². The van der Waals surface area contributed by atoms with Crippen LogP contribution in [0.15, 0.2) is 59.7 Å². The maximum atomic E-state index is 12.7. The number of phenolic OH excluding ortho intramolecular Hbond substituents is 1. The smallest absolute Gasteiger partial charge is 0.334 e. The molecule has 1 aromatic carbocycles. The van der Waals surface area contributed by atoms with Gasteiger partial charge in [-0.15, -0.1) is 0 Å². The molecule has 4 rings (SSSR count). The van der Waals surface area contributed by atoms with Crippen LogP contribution >= 0.6 is 0 Å². The molecule has 2 fully saturated rings. The number of aliphatic hydroxyl groups excluding tert-OH is 3. The molecular weight excluding hydrogens is 524 g/mol. The van der Waals surface area contributed by atoms with Gasteiger partial charge in [0.15, 0.2) is 12.4 Å². The highest BCUT2D eigenvalue weighted by Crippen LogP contribution is 2.34. The van der Waals surface area contributed by atoms with Crippen LogP contribution in [0.3, 0.4) is 0 Å². The molecule has 7 unspecified atom stereocenters. The van der Waals surface area contributed by atoms with Crippen molar-refractivity contribution in [2.75, 3.05) is 13.2 Å². The van der Waals surface area contributed by atoms with Crippen LogP contribution in [-0.4, -0.2) is 88.7 Å². The molecule has 11 heteroatoms. The fourth-order valence-electron chi connectivity index (χ4n) is 5.01. The predicted octanol–water partition coefficient (Wildman–Crippen LogP) is 1.03. The van der Waals surface area contributed by atoms with E-state index in [0.717, 1.165) is 6.29 Å². The number of allylic oxidation sites excluding steroid dienone is 2. The van der Waals surface area contributed by atoms with Crippen molar-refractivity contribution in [1.29, 1.82) is 0 Å². The van der Waals surface area contributed by atoms with Gasteiger partial charge < -0.3 is 39.4 Å². The minimum Gasteiger partial charge on any atom is -0.508 e. The molecule has 3 aliphatic rings. The number of aldehydes is 1. The van der Waals surface area contributed by atoms with E-state index in [1.54, 1.807) is 18.2 Å². The molecule has 0 amide bonds. The van der Waals surface area contributed by atoms with Gasteiger partial charge in [0.05, 0.1) is 19.6 Å². The highest BCUT2D eigenvalue weighted by Gasteiger charge is 2.47. The molecular formula is C29H34O11. The number of benzene rings is 1. The third-order valence-electron chi connectivity index (χ3n) is 7.33. The zero-order chi connectivity index (χ0) is 28.8. The average Bonchev–Trinajstić information content (AvgIpc) is 3.21. The lowest BCUT2D eigenvalue weighted by Gasteiger charge is -2.41. The van der Waals surface area contributed by atoms with Crippen molar-refractivity contribution < 1.29 is 53.8 Å². The topological polar surface area (TPSA) is 169 Å². The van der Waals surface area contributed by atoms with Gasteiger partial charge in [-0.3, -0.25) is 9.59 Å². The summed E-state index contributed by atoms with van der Waals surface area (Å²) in [6, 6.07) is 5.93. The van der Waals surface area contributed by atoms with Gasteiger partial charge in [0.2, 0.25) is 0 Å². The minimum atomic E-state index is -1.61. The molecule has 2 saturated heterocycles. The molecule has 0 bridgehead atoms. The van der Waals surface area contributed by atoms with E-state index in [-0.39, 0.29) is 24.7 Å². The molecule has 1 aromatic rings. The fourth-order valence-corrected chi connectivity index (χ4v) is 5.01. The summed E-state index contributed by atoms with van der Waals surface area (Å²) in [6.07, 6.45) is -1.47. The molecule has 4 N–H and O–H groups in total. The molecule has 7 atom stereocenters. The first-order chi connectivity index (χ1) is 19.2. The van der Waals surface area contributed by atoms with Gasteiger partial charge in [-0.2, -0.15) is 0 Å². The van der Waals surface area contributed by atoms with Crippen LogP contribution < -0.4 is 0 Å². The minimum absolute atomic E-state index is 0.0376. The number of aromatic hydroxyl groups is 1. The summed E-state index contributed by atoms with van der Waals surface area (Å²) in [5, 5.41) is 40.2. The van der Waals surface area contributed by atoms with Crippen molar-refractivity contribution >= 4 is 18.2 Å². The number of esters is 2. The standard InChI is InChI=1S/C29H34O11/c1-16-21-10-7-18(13-30)3-2-4-19(11-22(21)38-28(16)36)15-37-29-27(26(35)25(34)23(14-31)39-29)40-24(33)12-17-5-8-20(32)9-6-17/h3,5-6,8-9,11,13,21-23,25-27,29,31-32,34-35H,1-2,4,7,10,12,14-15H2. The second-order valence-corrected chi connectivity index (χ2v) is 10.1. The Kier molecular flexibility index (Phi) is 9.88. The quantitative estimate of drug-likeness (QED) is 0.156. The van der Waals surface area contributed by atoms with Crippen molar-refractivity contribution in [1.82, 2.24) is 0 Å². The Balaban J connectivity index is 1.50. The predicted molar refractivity (Wildman–Crippen MR) is 139 cm³/mol. The van der Waals surface area contributed by atoms with Crippen LogP contribution in [0.1, 0.15) is 31.2 Å². The van der Waals surface area contributed by atoms with Crippen molar-refractivity contribution in [3.63, 3.8) is 0 Å². The lowest BCUT2D eigenvalue weighted by atomic mass is 9.88. The van der Waals surface area contributed by atoms with Crippen molar-refractivity contribution in [2.45, 2.75) is 68.9 Å². The summed E-state index contributed by atoms with van der Waals surface area (Å²) in [4.78, 5) is 36.4. The zero-order valence-corrected chi connectivity index (χ0v) is 21.9. The van der Waals surface area contributed by atoms with Crippen molar-refractivity contribution in [3.8, 4) is 5.75 Å². The molecule has 0 radical (unpaired) electrons. The maximum Gasteiger partial charge on any atom is 0.334 e. The highest BCUT2D eigenvalue weighted by atomic mass is 16.7. The van der Waals surface area contributed by atoms with Crippen LogP contribution in [0.5, 0.6) is 5.75 Å². The lowest BCUT2D eigenvalue weighted by molar-refractivity contribution is -0.302. The third-order valence-corrected chi connectivity index (χ3v) is 7.33. The Morgan fingerprint density at radius 3 is 2.60 bits per heavy atom. The van der Waals surface area contributed by atoms with Gasteiger partial charge in [-0.1, -0.05) is 24.8 Å². The number of rotatable bonds is 8. The highest BCUT2D eigenvalue weighted by molar-refractivity contribution is 5.91. The first-order valence-corrected chi connectivity index (χ1v) is 13.1. The Morgan fingerprint density at radius 2 is 1.90 bits per heavy atom. The van der Waals surface area contributed by atoms with Gasteiger partial charge >= 0.3 is 11.9 Å². The number of hydrogen-bond acceptors (Lipinski definition) is 11. The van der Waals surface area contributed by atoms with Gasteiger partial charge in [0, 0.05) is 11.5 Å². The zero-order valence-electron chi connectivity index (χ0n) is 21.9. The van der Waals surface area contributed by atoms with Crippen LogP contribution in [0.25, 0.3) is 0 Å². The van der Waals surface area contributed by atoms with Gasteiger partial charge in [0.25, 0.3) is 0 Å². The molecule has 216 valence electrons. The Labute approximate surface area is 231 Å². The molecule has 1 aliphatic carbocycles. The number of fused-ring (bicyclic) bond motifs is 1. The van der Waals surface area contributed by atoms with E-state index in [0.29, 0.717) is 48.0 Å². The molecule has 11 nitrogen and oxygen atoms in total. The first kappa shape index (κ1) is 29.6. The molecule has 0 spiro atoms. The molecule has 2 aliphatic heterocycles. The number of phenols is 1. The normalized spacial score (nSPS) is 30.9. The molecule has 2 heterocycles. The number of ether oxygens (including phenoxy) is 4. The monoisotopic (exact) mass is 558 g/mol. The summed E-state index contributed by atoms with van der Waals surface area (Å²) in [7, 11) is 0. The molecule has 40 heavy (non-hydrogen) atoms. The van der Waals surface area contributed by atoms with Gasteiger partial charge in [-0.25, -0.2) is 4.79 Å². The van der Waals surface area contributed by atoms with Crippen LogP contribution in [0.2, 0.25) is 0 Å². The fraction of sp³-hybridized carbons (Fsp3) is 0.483. The summed E-state index contributed by atoms with van der Waals surface area (Å²) in [5.74, 6) is -1.50. The average molecular weight is 559 g/mol. The summed E-state index contributed by atoms with van der Waals surface area (Å²) < 4.78 is 22.6. The summed E-state index contributed by atoms with van der Waals surface area (Å²) in [5.41, 5.74) is 2.22. The van der Waals surface area contributed by atoms with Crippen LogP contribution in [-0.2, 0) is 39.8 Å². The SMILES string of the molecule is C=C1C(=O)OC2C=C(COC3OC(CO)C(O)C(O)C3OC(=O)Cc3ccc(O)cc3)CCC=C(C=O)CCC12. The van der Waals surface area contributed by atoms with E-state index in [2.05, 4.69) is 6.58 Å². The van der Waals surface area contributed by atoms with E-state index >= 15 is 0 Å². The van der Waals surface area contributed by atoms with Gasteiger partial charge in [0.1, 0.15) is 36.5 Å². The second kappa shape index (κ2) is 13.3.